The monoisotopic (exact) mass is 1150 g/mol. The van der Waals surface area contributed by atoms with Crippen molar-refractivity contribution in [3.63, 3.8) is 0 Å². The van der Waals surface area contributed by atoms with E-state index in [0.717, 1.165) is 125 Å². The topological polar surface area (TPSA) is 6.48 Å². The van der Waals surface area contributed by atoms with E-state index < -0.39 is 0 Å². The minimum absolute atomic E-state index is 0.863. The Labute approximate surface area is 521 Å². The molecule has 5 unspecified atom stereocenters. The lowest BCUT2D eigenvalue weighted by Gasteiger charge is -2.57. The van der Waals surface area contributed by atoms with Crippen LogP contribution in [0.1, 0.15) is 353 Å². The molecule has 0 heterocycles. The summed E-state index contributed by atoms with van der Waals surface area (Å²) in [5, 5.41) is 0. The highest BCUT2D eigenvalue weighted by Crippen LogP contribution is 2.61. The quantitative estimate of drug-likeness (QED) is 0.134. The van der Waals surface area contributed by atoms with Crippen molar-refractivity contribution in [1.29, 1.82) is 0 Å². The van der Waals surface area contributed by atoms with Crippen LogP contribution >= 0.6 is 0 Å². The molecule has 2 nitrogen and oxygen atoms in total. The Morgan fingerprint density at radius 2 is 0.560 bits per heavy atom. The molecule has 84 heavy (non-hydrogen) atoms. The fraction of sp³-hybridized carbons (Fsp3) is 0.927. The van der Waals surface area contributed by atoms with Gasteiger partial charge in [-0.05, 0) is 288 Å². The molecule has 474 valence electrons. The number of nitrogens with zero attached hydrogens (tertiary/aromatic N) is 2. The molecule has 0 aromatic heterocycles. The summed E-state index contributed by atoms with van der Waals surface area (Å²) in [5.74, 6) is 14.4. The number of fused-ring (bicyclic) bond motifs is 2. The lowest BCUT2D eigenvalue weighted by Crippen LogP contribution is -2.53. The van der Waals surface area contributed by atoms with E-state index in [4.69, 9.17) is 0 Å². The summed E-state index contributed by atoms with van der Waals surface area (Å²) in [5.41, 5.74) is 2.11. The molecule has 13 aliphatic rings. The van der Waals surface area contributed by atoms with Crippen LogP contribution in [-0.2, 0) is 0 Å². The first-order chi connectivity index (χ1) is 41.7. The van der Waals surface area contributed by atoms with E-state index in [0.29, 0.717) is 0 Å². The molecule has 0 aromatic rings. The van der Waals surface area contributed by atoms with Crippen LogP contribution in [0.25, 0.3) is 0 Å². The maximum absolute atomic E-state index is 3.34. The van der Waals surface area contributed by atoms with Gasteiger partial charge in [0.25, 0.3) is 0 Å². The van der Waals surface area contributed by atoms with Crippen LogP contribution in [-0.4, -0.2) is 46.1 Å². The third kappa shape index (κ3) is 15.5. The summed E-state index contributed by atoms with van der Waals surface area (Å²) in [6.45, 7) is 0. The predicted octanol–water partition coefficient (Wildman–Crippen LogP) is 23.7. The molecule has 0 bridgehead atoms. The zero-order valence-electron chi connectivity index (χ0n) is 55.3. The number of hydrogen-bond acceptors (Lipinski definition) is 2. The van der Waals surface area contributed by atoms with Gasteiger partial charge in [-0.2, -0.15) is 0 Å². The van der Waals surface area contributed by atoms with Crippen molar-refractivity contribution < 1.29 is 0 Å². The van der Waals surface area contributed by atoms with Gasteiger partial charge in [0, 0.05) is 36.3 Å². The van der Waals surface area contributed by atoms with E-state index in [1.165, 1.54) is 244 Å². The Balaban J connectivity index is 0.697. The largest absolute Gasteiger partial charge is 0.294 e. The second-order valence-corrected chi connectivity index (χ2v) is 34.0. The van der Waals surface area contributed by atoms with Gasteiger partial charge in [0.15, 0.2) is 0 Å². The van der Waals surface area contributed by atoms with Crippen molar-refractivity contribution in [3.05, 3.63) is 36.0 Å². The molecule has 0 aromatic carbocycles. The zero-order chi connectivity index (χ0) is 56.3. The highest BCUT2D eigenvalue weighted by atomic mass is 15.2. The van der Waals surface area contributed by atoms with Gasteiger partial charge in [0.1, 0.15) is 0 Å². The molecule has 13 saturated carbocycles. The minimum atomic E-state index is 0.863. The van der Waals surface area contributed by atoms with Crippen molar-refractivity contribution in [3.8, 4) is 0 Å². The van der Waals surface area contributed by atoms with Gasteiger partial charge < -0.3 is 0 Å². The van der Waals surface area contributed by atoms with E-state index in [2.05, 4.69) is 45.8 Å². The molecular formula is C82H136N2. The van der Waals surface area contributed by atoms with Crippen LogP contribution in [0.3, 0.4) is 0 Å². The van der Waals surface area contributed by atoms with Gasteiger partial charge in [0.2, 0.25) is 0 Å². The average Bonchev–Trinajstić information content (AvgIpc) is 3.36. The summed E-state index contributed by atoms with van der Waals surface area (Å²) < 4.78 is 0. The summed E-state index contributed by atoms with van der Waals surface area (Å²) >= 11 is 0. The summed E-state index contributed by atoms with van der Waals surface area (Å²) in [6.07, 6.45) is 97.7. The van der Waals surface area contributed by atoms with Gasteiger partial charge in [-0.25, -0.2) is 0 Å². The van der Waals surface area contributed by atoms with E-state index in [1.807, 2.05) is 0 Å². The van der Waals surface area contributed by atoms with Crippen LogP contribution in [0.4, 0.5) is 0 Å². The Hall–Kier alpha value is -0.860. The lowest BCUT2D eigenvalue weighted by atomic mass is 9.48. The number of allylic oxidation sites excluding steroid dienone is 6. The van der Waals surface area contributed by atoms with E-state index in [1.54, 1.807) is 109 Å². The molecule has 0 saturated heterocycles. The smallest absolute Gasteiger partial charge is 0.0102 e. The van der Waals surface area contributed by atoms with Crippen molar-refractivity contribution >= 4 is 0 Å². The van der Waals surface area contributed by atoms with E-state index in [-0.39, 0.29) is 0 Å². The Morgan fingerprint density at radius 1 is 0.262 bits per heavy atom. The molecule has 0 amide bonds. The van der Waals surface area contributed by atoms with Gasteiger partial charge in [-0.3, -0.25) is 9.80 Å². The predicted molar refractivity (Wildman–Crippen MR) is 359 cm³/mol. The van der Waals surface area contributed by atoms with Gasteiger partial charge >= 0.3 is 0 Å². The van der Waals surface area contributed by atoms with E-state index >= 15 is 0 Å². The minimum Gasteiger partial charge on any atom is -0.294 e. The van der Waals surface area contributed by atoms with Gasteiger partial charge in [-0.1, -0.05) is 190 Å². The van der Waals surface area contributed by atoms with Crippen LogP contribution < -0.4 is 0 Å². The number of hydrogen-bond donors (Lipinski definition) is 0. The molecule has 5 atom stereocenters. The second-order valence-electron chi connectivity index (χ2n) is 34.0. The summed E-state index contributed by atoms with van der Waals surface area (Å²) in [4.78, 5) is 6.66. The zero-order valence-corrected chi connectivity index (χ0v) is 55.3. The van der Waals surface area contributed by atoms with Gasteiger partial charge in [0.05, 0.1) is 0 Å². The molecule has 13 fully saturated rings. The first kappa shape index (κ1) is 62.0. The standard InChI is InChI=1S/C82H136N2/c1-7-23-61(24-8-1)39-41-63-43-51-71(52-44-63)83(69-31-15-5-16-32-69)73-55-47-67(48-56-73)79(65-27-11-3-12-28-65)59-81-75-35-19-21-37-77(75)82(78-38-22-20-36-76(78)81)60-80(66-29-13-4-14-30-66)68-49-57-74(58-50-68)84(70-33-17-6-18-34-70)72-53-45-64(46-54-72)42-40-62-25-9-2-10-26-62/h39-42,59,61-78,80-82H,1-38,43-58,60H2/b41-39+,42-40+,79-59?. The maximum Gasteiger partial charge on any atom is 0.0102 e. The molecule has 0 spiro atoms. The van der Waals surface area contributed by atoms with Crippen molar-refractivity contribution in [2.24, 2.45) is 88.8 Å². The Kier molecular flexibility index (Phi) is 23.2. The van der Waals surface area contributed by atoms with Crippen molar-refractivity contribution in [2.45, 2.75) is 389 Å². The molecule has 13 rings (SSSR count). The van der Waals surface area contributed by atoms with Crippen molar-refractivity contribution in [2.75, 3.05) is 0 Å². The molecule has 13 aliphatic carbocycles. The third-order valence-corrected chi connectivity index (χ3v) is 29.4. The van der Waals surface area contributed by atoms with Crippen LogP contribution in [0.2, 0.25) is 0 Å². The molecule has 0 radical (unpaired) electrons. The highest BCUT2D eigenvalue weighted by molar-refractivity contribution is 5.19. The van der Waals surface area contributed by atoms with Crippen molar-refractivity contribution in [1.82, 2.24) is 9.80 Å². The normalized spacial score (nSPS) is 40.1. The average molecular weight is 1150 g/mol. The third-order valence-electron chi connectivity index (χ3n) is 29.4. The summed E-state index contributed by atoms with van der Waals surface area (Å²) in [7, 11) is 0. The lowest BCUT2D eigenvalue weighted by molar-refractivity contribution is -0.0655. The van der Waals surface area contributed by atoms with Crippen LogP contribution in [0.15, 0.2) is 36.0 Å². The fourth-order valence-corrected chi connectivity index (χ4v) is 25.1. The van der Waals surface area contributed by atoms with E-state index in [9.17, 15) is 0 Å². The maximum atomic E-state index is 3.34. The molecule has 0 aliphatic heterocycles. The van der Waals surface area contributed by atoms with Gasteiger partial charge in [-0.15, -0.1) is 0 Å². The first-order valence-electron chi connectivity index (χ1n) is 40.3. The second kappa shape index (κ2) is 31.4. The number of rotatable bonds is 17. The molecule has 2 heteroatoms. The highest BCUT2D eigenvalue weighted by Gasteiger charge is 2.53. The molecular weight excluding hydrogens is 1010 g/mol. The van der Waals surface area contributed by atoms with Crippen LogP contribution in [0.5, 0.6) is 0 Å². The molecule has 0 N–H and O–H groups in total. The Bertz CT molecular complexity index is 1940. The summed E-state index contributed by atoms with van der Waals surface area (Å²) in [6, 6.07) is 5.28. The fourth-order valence-electron chi connectivity index (χ4n) is 25.1. The van der Waals surface area contributed by atoms with Crippen LogP contribution in [0, 0.1) is 88.8 Å². The Morgan fingerprint density at radius 3 is 0.988 bits per heavy atom. The first-order valence-corrected chi connectivity index (χ1v) is 40.3. The SMILES string of the molecule is C(=C(C1CCCCC1)C1CCC(N(C2CCCCC2)C2CCC(/C=C/C3CCCCC3)CC2)CC1)C1C2CCCCC2C(CC(C2CCCCC2)C2CCC(N(C3CCCCC3)C3CCC(/C=C/C4CCCCC4)CC3)CC2)C2CCCCC12.